The quantitative estimate of drug-likeness (QED) is 0.417. The first kappa shape index (κ1) is 25.7. The molecule has 0 aromatic heterocycles. The van der Waals surface area contributed by atoms with Gasteiger partial charge in [0.2, 0.25) is 0 Å². The number of carbonyl (C=O) groups is 2. The summed E-state index contributed by atoms with van der Waals surface area (Å²) in [7, 11) is 1.68. The average Bonchev–Trinajstić information content (AvgIpc) is 2.75. The first-order chi connectivity index (χ1) is 16.5. The summed E-state index contributed by atoms with van der Waals surface area (Å²) in [6, 6.07) is 5.62. The van der Waals surface area contributed by atoms with Crippen LogP contribution in [0.5, 0.6) is 5.75 Å². The molecule has 0 unspecified atom stereocenters. The van der Waals surface area contributed by atoms with Gasteiger partial charge in [-0.3, -0.25) is 9.59 Å². The zero-order chi connectivity index (χ0) is 25.5. The summed E-state index contributed by atoms with van der Waals surface area (Å²) >= 11 is 6.61. The number of carbonyl (C=O) groups excluding carboxylic acids is 2. The topological polar surface area (TPSA) is 55.8 Å². The molecule has 0 radical (unpaired) electrons. The van der Waals surface area contributed by atoms with Gasteiger partial charge >= 0.3 is 0 Å². The predicted octanol–water partition coefficient (Wildman–Crippen LogP) is 6.24. The molecule has 188 valence electrons. The molecule has 35 heavy (non-hydrogen) atoms. The highest BCUT2D eigenvalue weighted by Crippen LogP contribution is 2.54. The van der Waals surface area contributed by atoms with Gasteiger partial charge in [0.25, 0.3) is 0 Å². The van der Waals surface area contributed by atoms with Gasteiger partial charge in [-0.2, -0.15) is 0 Å². The molecule has 1 aliphatic heterocycles. The van der Waals surface area contributed by atoms with E-state index >= 15 is 0 Å². The second-order valence-electron chi connectivity index (χ2n) is 11.5. The third-order valence-electron chi connectivity index (χ3n) is 7.19. The van der Waals surface area contributed by atoms with Crippen molar-refractivity contribution >= 4 is 23.2 Å². The number of allylic oxidation sites excluding steroid dienone is 4. The lowest BCUT2D eigenvalue weighted by Crippen LogP contribution is -2.45. The fraction of sp³-hybridized carbons (Fsp3) is 0.517. The van der Waals surface area contributed by atoms with E-state index in [1.54, 1.807) is 13.2 Å². The van der Waals surface area contributed by atoms with Crippen LogP contribution in [0.4, 0.5) is 0 Å². The van der Waals surface area contributed by atoms with Gasteiger partial charge < -0.3 is 14.4 Å². The number of nitrogens with zero attached hydrogens (tertiary/aromatic N) is 1. The average molecular weight is 498 g/mol. The van der Waals surface area contributed by atoms with E-state index in [0.717, 1.165) is 40.9 Å². The van der Waals surface area contributed by atoms with E-state index in [1.165, 1.54) is 0 Å². The van der Waals surface area contributed by atoms with Crippen LogP contribution < -0.4 is 4.74 Å². The van der Waals surface area contributed by atoms with Crippen molar-refractivity contribution in [3.05, 3.63) is 64.0 Å². The smallest absolute Gasteiger partial charge is 0.162 e. The SMILES string of the molecule is C=CCOc1ccc(C2C3=C(CC(C)(C)CC3=O)N(CCOC)C3=C2C(=O)CC(C)(C)C3)cc1Cl. The Bertz CT molecular complexity index is 1070. The third-order valence-corrected chi connectivity index (χ3v) is 7.48. The molecule has 0 amide bonds. The number of hydrogen-bond acceptors (Lipinski definition) is 5. The highest BCUT2D eigenvalue weighted by atomic mass is 35.5. The number of halogens is 1. The van der Waals surface area contributed by atoms with E-state index in [4.69, 9.17) is 21.1 Å². The zero-order valence-corrected chi connectivity index (χ0v) is 22.3. The van der Waals surface area contributed by atoms with Gasteiger partial charge in [0, 0.05) is 55.0 Å². The molecule has 0 spiro atoms. The lowest BCUT2D eigenvalue weighted by atomic mass is 9.63. The highest BCUT2D eigenvalue weighted by Gasteiger charge is 2.48. The van der Waals surface area contributed by atoms with Gasteiger partial charge in [-0.15, -0.1) is 0 Å². The number of ketones is 2. The molecule has 0 bridgehead atoms. The molecule has 3 aliphatic rings. The Kier molecular flexibility index (Phi) is 7.05. The largest absolute Gasteiger partial charge is 0.488 e. The van der Waals surface area contributed by atoms with E-state index in [2.05, 4.69) is 39.2 Å². The molecule has 0 saturated heterocycles. The van der Waals surface area contributed by atoms with Crippen LogP contribution in [0.3, 0.4) is 0 Å². The van der Waals surface area contributed by atoms with Crippen LogP contribution in [-0.2, 0) is 14.3 Å². The number of Topliss-reactive ketones (excluding diaryl/α,β-unsaturated/α-hetero) is 2. The van der Waals surface area contributed by atoms with Gasteiger partial charge in [0.1, 0.15) is 12.4 Å². The Morgan fingerprint density at radius 3 is 2.09 bits per heavy atom. The normalized spacial score (nSPS) is 21.7. The summed E-state index contributed by atoms with van der Waals surface area (Å²) in [5.74, 6) is 0.354. The van der Waals surface area contributed by atoms with Gasteiger partial charge in [0.05, 0.1) is 11.6 Å². The number of benzene rings is 1. The lowest BCUT2D eigenvalue weighted by molar-refractivity contribution is -0.119. The molecule has 2 aliphatic carbocycles. The fourth-order valence-corrected chi connectivity index (χ4v) is 6.04. The molecular weight excluding hydrogens is 462 g/mol. The van der Waals surface area contributed by atoms with Crippen LogP contribution in [0.1, 0.15) is 64.9 Å². The molecule has 1 heterocycles. The molecule has 4 rings (SSSR count). The Hall–Kier alpha value is -2.37. The van der Waals surface area contributed by atoms with E-state index in [0.29, 0.717) is 43.4 Å². The first-order valence-electron chi connectivity index (χ1n) is 12.3. The second-order valence-corrected chi connectivity index (χ2v) is 11.9. The molecular formula is C29H36ClNO4. The first-order valence-corrected chi connectivity index (χ1v) is 12.7. The molecule has 0 saturated carbocycles. The van der Waals surface area contributed by atoms with Crippen molar-refractivity contribution in [1.82, 2.24) is 4.90 Å². The maximum absolute atomic E-state index is 13.7. The molecule has 0 atom stereocenters. The molecule has 1 aromatic carbocycles. The van der Waals surface area contributed by atoms with Crippen LogP contribution in [0.15, 0.2) is 53.4 Å². The van der Waals surface area contributed by atoms with E-state index < -0.39 is 5.92 Å². The van der Waals surface area contributed by atoms with Gasteiger partial charge in [0.15, 0.2) is 11.6 Å². The number of methoxy groups -OCH3 is 1. The summed E-state index contributed by atoms with van der Waals surface area (Å²) in [5, 5.41) is 0.461. The molecule has 6 heteroatoms. The number of ether oxygens (including phenoxy) is 2. The number of rotatable bonds is 7. The minimum Gasteiger partial charge on any atom is -0.488 e. The molecule has 1 aromatic rings. The summed E-state index contributed by atoms with van der Waals surface area (Å²) < 4.78 is 11.1. The van der Waals surface area contributed by atoms with E-state index in [-0.39, 0.29) is 22.4 Å². The summed E-state index contributed by atoms with van der Waals surface area (Å²) in [5.41, 5.74) is 4.08. The second kappa shape index (κ2) is 9.59. The molecule has 5 nitrogen and oxygen atoms in total. The van der Waals surface area contributed by atoms with Gasteiger partial charge in [-0.25, -0.2) is 0 Å². The van der Waals surface area contributed by atoms with Gasteiger partial charge in [-0.05, 0) is 41.4 Å². The van der Waals surface area contributed by atoms with E-state index in [1.807, 2.05) is 18.2 Å². The third kappa shape index (κ3) is 4.99. The molecule has 0 N–H and O–H groups in total. The Labute approximate surface area is 213 Å². The van der Waals surface area contributed by atoms with Crippen molar-refractivity contribution in [3.63, 3.8) is 0 Å². The summed E-state index contributed by atoms with van der Waals surface area (Å²) in [6.45, 7) is 13.7. The minimum atomic E-state index is -0.419. The summed E-state index contributed by atoms with van der Waals surface area (Å²) in [4.78, 5) is 29.7. The van der Waals surface area contributed by atoms with Crippen LogP contribution in [-0.4, -0.2) is 43.3 Å². The van der Waals surface area contributed by atoms with Crippen LogP contribution >= 0.6 is 11.6 Å². The van der Waals surface area contributed by atoms with Crippen molar-refractivity contribution in [1.29, 1.82) is 0 Å². The number of hydrogen-bond donors (Lipinski definition) is 0. The van der Waals surface area contributed by atoms with Crippen molar-refractivity contribution in [2.45, 2.75) is 59.3 Å². The maximum atomic E-state index is 13.7. The summed E-state index contributed by atoms with van der Waals surface area (Å²) in [6.07, 6.45) is 4.12. The predicted molar refractivity (Wildman–Crippen MR) is 139 cm³/mol. The minimum absolute atomic E-state index is 0.107. The van der Waals surface area contributed by atoms with Crippen LogP contribution in [0, 0.1) is 10.8 Å². The Morgan fingerprint density at radius 1 is 1.03 bits per heavy atom. The standard InChI is InChI=1S/C29H36ClNO4/c1-7-11-35-24-9-8-18(13-19(24)30)25-26-20(14-28(2,3)16-22(26)32)31(10-12-34-6)21-15-29(4,5)17-23(33)27(21)25/h7-9,13,25H,1,10-12,14-17H2,2-6H3. The Morgan fingerprint density at radius 2 is 1.60 bits per heavy atom. The maximum Gasteiger partial charge on any atom is 0.162 e. The lowest BCUT2D eigenvalue weighted by Gasteiger charge is -2.49. The van der Waals surface area contributed by atoms with Crippen LogP contribution in [0.25, 0.3) is 0 Å². The van der Waals surface area contributed by atoms with Gasteiger partial charge in [-0.1, -0.05) is 58.0 Å². The van der Waals surface area contributed by atoms with Crippen molar-refractivity contribution in [2.24, 2.45) is 10.8 Å². The monoisotopic (exact) mass is 497 g/mol. The molecule has 0 fully saturated rings. The van der Waals surface area contributed by atoms with Crippen molar-refractivity contribution < 1.29 is 19.1 Å². The van der Waals surface area contributed by atoms with Crippen LogP contribution in [0.2, 0.25) is 5.02 Å². The Balaban J connectivity index is 1.93. The van der Waals surface area contributed by atoms with E-state index in [9.17, 15) is 9.59 Å². The van der Waals surface area contributed by atoms with Crippen molar-refractivity contribution in [3.8, 4) is 5.75 Å². The zero-order valence-electron chi connectivity index (χ0n) is 21.5. The fourth-order valence-electron chi connectivity index (χ4n) is 5.80. The highest BCUT2D eigenvalue weighted by molar-refractivity contribution is 6.32. The van der Waals surface area contributed by atoms with Crippen molar-refractivity contribution in [2.75, 3.05) is 26.9 Å².